The van der Waals surface area contributed by atoms with Crippen LogP contribution in [0.5, 0.6) is 0 Å². The predicted molar refractivity (Wildman–Crippen MR) is 99.1 cm³/mol. The third kappa shape index (κ3) is 4.14. The molecule has 0 unspecified atom stereocenters. The molecule has 0 spiro atoms. The van der Waals surface area contributed by atoms with Gasteiger partial charge >= 0.3 is 0 Å². The van der Waals surface area contributed by atoms with Crippen LogP contribution in [0, 0.1) is 13.8 Å². The van der Waals surface area contributed by atoms with Crippen LogP contribution in [0.4, 0.5) is 0 Å². The normalized spacial score (nSPS) is 20.1. The van der Waals surface area contributed by atoms with Gasteiger partial charge in [-0.1, -0.05) is 6.07 Å². The average molecular weight is 357 g/mol. The largest absolute Gasteiger partial charge is 0.379 e. The zero-order valence-corrected chi connectivity index (χ0v) is 15.7. The molecule has 0 aliphatic carbocycles. The highest BCUT2D eigenvalue weighted by atomic mass is 16.5. The van der Waals surface area contributed by atoms with Crippen LogP contribution >= 0.6 is 0 Å². The summed E-state index contributed by atoms with van der Waals surface area (Å²) in [4.78, 5) is 17.1. The lowest BCUT2D eigenvalue weighted by atomic mass is 10.1. The van der Waals surface area contributed by atoms with Crippen molar-refractivity contribution >= 4 is 5.91 Å². The Balaban J connectivity index is 1.65. The van der Waals surface area contributed by atoms with E-state index >= 15 is 0 Å². The van der Waals surface area contributed by atoms with Crippen LogP contribution in [-0.4, -0.2) is 40.8 Å². The number of nitrogens with zero attached hydrogens (tertiary/aromatic N) is 2. The molecule has 0 saturated carbocycles. The summed E-state index contributed by atoms with van der Waals surface area (Å²) in [7, 11) is 0. The van der Waals surface area contributed by atoms with E-state index in [4.69, 9.17) is 9.47 Å². The lowest BCUT2D eigenvalue weighted by molar-refractivity contribution is -0.0612. The SMILES string of the molecule is CCn1c(C)cc(C(=O)N[C@@H]2COCC[C@H]2OCc2ccccn2)c1C. The summed E-state index contributed by atoms with van der Waals surface area (Å²) < 4.78 is 13.7. The van der Waals surface area contributed by atoms with E-state index in [1.165, 1.54) is 0 Å². The van der Waals surface area contributed by atoms with Gasteiger partial charge in [0.05, 0.1) is 36.6 Å². The summed E-state index contributed by atoms with van der Waals surface area (Å²) in [5.74, 6) is -0.0697. The number of rotatable bonds is 6. The molecular formula is C20H27N3O3. The van der Waals surface area contributed by atoms with Crippen LogP contribution in [0.3, 0.4) is 0 Å². The molecule has 2 aromatic rings. The van der Waals surface area contributed by atoms with Gasteiger partial charge in [-0.15, -0.1) is 0 Å². The van der Waals surface area contributed by atoms with Gasteiger partial charge in [0, 0.05) is 30.7 Å². The van der Waals surface area contributed by atoms with E-state index in [2.05, 4.69) is 21.8 Å². The fourth-order valence-electron chi connectivity index (χ4n) is 3.49. The lowest BCUT2D eigenvalue weighted by Gasteiger charge is -2.32. The average Bonchev–Trinajstić information content (AvgIpc) is 2.95. The van der Waals surface area contributed by atoms with Gasteiger partial charge in [-0.25, -0.2) is 0 Å². The van der Waals surface area contributed by atoms with Crippen LogP contribution < -0.4 is 5.32 Å². The van der Waals surface area contributed by atoms with Crippen LogP contribution in [0.2, 0.25) is 0 Å². The minimum atomic E-state index is -0.162. The number of amides is 1. The quantitative estimate of drug-likeness (QED) is 0.863. The molecule has 1 aliphatic heterocycles. The molecule has 2 atom stereocenters. The number of ether oxygens (including phenoxy) is 2. The van der Waals surface area contributed by atoms with Crippen molar-refractivity contribution in [1.29, 1.82) is 0 Å². The Morgan fingerprint density at radius 3 is 2.96 bits per heavy atom. The van der Waals surface area contributed by atoms with Gasteiger partial charge in [0.15, 0.2) is 0 Å². The van der Waals surface area contributed by atoms with Gasteiger partial charge < -0.3 is 19.4 Å². The second-order valence-corrected chi connectivity index (χ2v) is 6.64. The summed E-state index contributed by atoms with van der Waals surface area (Å²) in [5.41, 5.74) is 3.69. The molecule has 1 amide bonds. The summed E-state index contributed by atoms with van der Waals surface area (Å²) in [6.07, 6.45) is 2.43. The third-order valence-electron chi connectivity index (χ3n) is 4.92. The van der Waals surface area contributed by atoms with Gasteiger partial charge in [0.1, 0.15) is 0 Å². The number of nitrogens with one attached hydrogen (secondary N) is 1. The molecule has 1 saturated heterocycles. The molecule has 3 rings (SSSR count). The fraction of sp³-hybridized carbons (Fsp3) is 0.500. The number of aryl methyl sites for hydroxylation is 1. The second kappa shape index (κ2) is 8.47. The molecule has 26 heavy (non-hydrogen) atoms. The molecule has 3 heterocycles. The lowest BCUT2D eigenvalue weighted by Crippen LogP contribution is -2.50. The van der Waals surface area contributed by atoms with E-state index in [0.29, 0.717) is 19.8 Å². The highest BCUT2D eigenvalue weighted by Gasteiger charge is 2.29. The van der Waals surface area contributed by atoms with Crippen molar-refractivity contribution in [2.45, 2.75) is 52.5 Å². The van der Waals surface area contributed by atoms with Crippen molar-refractivity contribution in [2.75, 3.05) is 13.2 Å². The number of pyridine rings is 1. The molecule has 1 aliphatic rings. The van der Waals surface area contributed by atoms with E-state index in [1.54, 1.807) is 6.20 Å². The van der Waals surface area contributed by atoms with Gasteiger partial charge in [0.2, 0.25) is 0 Å². The maximum atomic E-state index is 12.8. The van der Waals surface area contributed by atoms with Crippen molar-refractivity contribution in [3.63, 3.8) is 0 Å². The first-order chi connectivity index (χ1) is 12.6. The molecule has 0 aromatic carbocycles. The zero-order chi connectivity index (χ0) is 18.5. The number of hydrogen-bond acceptors (Lipinski definition) is 4. The van der Waals surface area contributed by atoms with Gasteiger partial charge in [0.25, 0.3) is 5.91 Å². The zero-order valence-electron chi connectivity index (χ0n) is 15.7. The Bertz CT molecular complexity index is 742. The minimum Gasteiger partial charge on any atom is -0.379 e. The standard InChI is InChI=1S/C20H27N3O3/c1-4-23-14(2)11-17(15(23)3)20(24)22-18-13-25-10-8-19(18)26-12-16-7-5-6-9-21-16/h5-7,9,11,18-19H,4,8,10,12-13H2,1-3H3,(H,22,24)/t18-,19-/m1/s1. The maximum Gasteiger partial charge on any atom is 0.253 e. The van der Waals surface area contributed by atoms with Crippen molar-refractivity contribution in [2.24, 2.45) is 0 Å². The van der Waals surface area contributed by atoms with Crippen molar-refractivity contribution in [3.05, 3.63) is 53.1 Å². The number of carbonyl (C=O) groups is 1. The first kappa shape index (κ1) is 18.6. The van der Waals surface area contributed by atoms with E-state index in [1.807, 2.05) is 38.1 Å². The van der Waals surface area contributed by atoms with E-state index in [-0.39, 0.29) is 18.1 Å². The molecule has 1 N–H and O–H groups in total. The van der Waals surface area contributed by atoms with Crippen LogP contribution in [0.1, 0.15) is 40.8 Å². The molecule has 1 fully saturated rings. The summed E-state index contributed by atoms with van der Waals surface area (Å²) >= 11 is 0. The summed E-state index contributed by atoms with van der Waals surface area (Å²) in [6.45, 7) is 8.48. The van der Waals surface area contributed by atoms with Crippen LogP contribution in [0.15, 0.2) is 30.5 Å². The molecule has 6 nitrogen and oxygen atoms in total. The monoisotopic (exact) mass is 357 g/mol. The van der Waals surface area contributed by atoms with Crippen LogP contribution in [0.25, 0.3) is 0 Å². The smallest absolute Gasteiger partial charge is 0.253 e. The van der Waals surface area contributed by atoms with Gasteiger partial charge in [-0.3, -0.25) is 9.78 Å². The maximum absolute atomic E-state index is 12.8. The summed E-state index contributed by atoms with van der Waals surface area (Å²) in [6, 6.07) is 7.55. The molecule has 140 valence electrons. The summed E-state index contributed by atoms with van der Waals surface area (Å²) in [5, 5.41) is 3.10. The highest BCUT2D eigenvalue weighted by Crippen LogP contribution is 2.18. The highest BCUT2D eigenvalue weighted by molar-refractivity contribution is 5.96. The number of aromatic nitrogens is 2. The first-order valence-electron chi connectivity index (χ1n) is 9.17. The predicted octanol–water partition coefficient (Wildman–Crippen LogP) is 2.62. The topological polar surface area (TPSA) is 65.4 Å². The molecule has 2 aromatic heterocycles. The van der Waals surface area contributed by atoms with E-state index in [0.717, 1.165) is 35.6 Å². The Morgan fingerprint density at radius 1 is 1.42 bits per heavy atom. The van der Waals surface area contributed by atoms with E-state index < -0.39 is 0 Å². The van der Waals surface area contributed by atoms with Crippen molar-refractivity contribution in [3.8, 4) is 0 Å². The Hall–Kier alpha value is -2.18. The molecule has 0 bridgehead atoms. The minimum absolute atomic E-state index is 0.0697. The second-order valence-electron chi connectivity index (χ2n) is 6.64. The van der Waals surface area contributed by atoms with Gasteiger partial charge in [-0.2, -0.15) is 0 Å². The molecular weight excluding hydrogens is 330 g/mol. The van der Waals surface area contributed by atoms with Crippen LogP contribution in [-0.2, 0) is 22.6 Å². The molecule has 0 radical (unpaired) electrons. The van der Waals surface area contributed by atoms with Gasteiger partial charge in [-0.05, 0) is 45.4 Å². The Kier molecular flexibility index (Phi) is 6.06. The number of carbonyl (C=O) groups excluding carboxylic acids is 1. The first-order valence-corrected chi connectivity index (χ1v) is 9.17. The Morgan fingerprint density at radius 2 is 2.27 bits per heavy atom. The van der Waals surface area contributed by atoms with Crippen molar-refractivity contribution < 1.29 is 14.3 Å². The van der Waals surface area contributed by atoms with E-state index in [9.17, 15) is 4.79 Å². The van der Waals surface area contributed by atoms with Crippen molar-refractivity contribution in [1.82, 2.24) is 14.9 Å². The molecule has 6 heteroatoms. The number of hydrogen-bond donors (Lipinski definition) is 1. The fourth-order valence-corrected chi connectivity index (χ4v) is 3.49. The third-order valence-corrected chi connectivity index (χ3v) is 4.92. The Labute approximate surface area is 154 Å².